The number of likely N-dealkylation sites (N-methyl/N-ethyl adjacent to an activating group) is 1. The lowest BCUT2D eigenvalue weighted by Crippen LogP contribution is -2.39. The van der Waals surface area contributed by atoms with Crippen molar-refractivity contribution in [3.05, 3.63) is 72.8 Å². The molecular formula is C25H27N5O4. The number of hydrogen-bond donors (Lipinski definition) is 1. The van der Waals surface area contributed by atoms with Gasteiger partial charge in [-0.25, -0.2) is 9.97 Å². The van der Waals surface area contributed by atoms with E-state index in [1.54, 1.807) is 37.4 Å². The zero-order chi connectivity index (χ0) is 24.2. The third-order valence-electron chi connectivity index (χ3n) is 5.73. The highest BCUT2D eigenvalue weighted by Gasteiger charge is 2.33. The summed E-state index contributed by atoms with van der Waals surface area (Å²) >= 11 is 0. The molecule has 0 bridgehead atoms. The molecular weight excluding hydrogens is 434 g/mol. The Morgan fingerprint density at radius 1 is 1.09 bits per heavy atom. The van der Waals surface area contributed by atoms with Crippen molar-refractivity contribution in [2.75, 3.05) is 38.4 Å². The van der Waals surface area contributed by atoms with E-state index in [0.29, 0.717) is 41.8 Å². The Morgan fingerprint density at radius 3 is 2.53 bits per heavy atom. The van der Waals surface area contributed by atoms with Crippen LogP contribution in [0.4, 0.5) is 11.5 Å². The molecule has 1 amide bonds. The van der Waals surface area contributed by atoms with Gasteiger partial charge in [0.1, 0.15) is 28.7 Å². The van der Waals surface area contributed by atoms with Crippen LogP contribution in [-0.2, 0) is 0 Å². The molecule has 1 saturated heterocycles. The predicted molar refractivity (Wildman–Crippen MR) is 129 cm³/mol. The Labute approximate surface area is 198 Å². The van der Waals surface area contributed by atoms with Crippen LogP contribution in [0, 0.1) is 0 Å². The topological polar surface area (TPSA) is 103 Å². The Bertz CT molecular complexity index is 1200. The maximum Gasteiger partial charge on any atom is 0.272 e. The van der Waals surface area contributed by atoms with Gasteiger partial charge in [-0.05, 0) is 12.1 Å². The van der Waals surface area contributed by atoms with E-state index in [1.807, 2.05) is 35.2 Å². The van der Waals surface area contributed by atoms with Crippen LogP contribution in [0.3, 0.4) is 0 Å². The first-order valence-corrected chi connectivity index (χ1v) is 10.7. The summed E-state index contributed by atoms with van der Waals surface area (Å²) in [6, 6.07) is 12.4. The maximum atomic E-state index is 13.3. The van der Waals surface area contributed by atoms with Crippen molar-refractivity contribution in [2.45, 2.75) is 12.5 Å². The number of rotatable bonds is 7. The number of aromatic nitrogens is 2. The third kappa shape index (κ3) is 4.59. The Kier molecular flexibility index (Phi) is 6.53. The average molecular weight is 462 g/mol. The van der Waals surface area contributed by atoms with Crippen LogP contribution in [0.5, 0.6) is 23.0 Å². The summed E-state index contributed by atoms with van der Waals surface area (Å²) in [7, 11) is 4.86. The minimum atomic E-state index is -0.230. The van der Waals surface area contributed by atoms with Gasteiger partial charge in [0.15, 0.2) is 11.5 Å². The molecule has 3 heterocycles. The second-order valence-corrected chi connectivity index (χ2v) is 7.87. The van der Waals surface area contributed by atoms with Gasteiger partial charge in [0.05, 0.1) is 32.7 Å². The molecule has 0 radical (unpaired) electrons. The van der Waals surface area contributed by atoms with Crippen LogP contribution >= 0.6 is 0 Å². The van der Waals surface area contributed by atoms with Crippen molar-refractivity contribution in [3.8, 4) is 23.0 Å². The number of carbonyl (C=O) groups excluding carboxylic acids is 1. The van der Waals surface area contributed by atoms with Gasteiger partial charge in [0.25, 0.3) is 5.91 Å². The van der Waals surface area contributed by atoms with Crippen LogP contribution in [-0.4, -0.2) is 54.6 Å². The van der Waals surface area contributed by atoms with Gasteiger partial charge < -0.3 is 29.7 Å². The number of methoxy groups -OCH3 is 2. The average Bonchev–Trinajstić information content (AvgIpc) is 3.25. The number of para-hydroxylation sites is 1. The highest BCUT2D eigenvalue weighted by molar-refractivity contribution is 5.93. The van der Waals surface area contributed by atoms with Crippen molar-refractivity contribution >= 4 is 17.4 Å². The summed E-state index contributed by atoms with van der Waals surface area (Å²) < 4.78 is 16.8. The number of hydrogen-bond acceptors (Lipinski definition) is 8. The molecule has 2 N–H and O–H groups in total. The quantitative estimate of drug-likeness (QED) is 0.568. The zero-order valence-electron chi connectivity index (χ0n) is 19.4. The molecule has 1 aromatic carbocycles. The second kappa shape index (κ2) is 9.70. The number of nitrogens with zero attached hydrogens (tertiary/aromatic N) is 4. The van der Waals surface area contributed by atoms with Gasteiger partial charge in [-0.2, -0.15) is 0 Å². The third-order valence-corrected chi connectivity index (χ3v) is 5.73. The summed E-state index contributed by atoms with van der Waals surface area (Å²) in [5, 5.41) is 0. The molecule has 0 spiro atoms. The van der Waals surface area contributed by atoms with Gasteiger partial charge in [0, 0.05) is 37.8 Å². The predicted octanol–water partition coefficient (Wildman–Crippen LogP) is 3.73. The summed E-state index contributed by atoms with van der Waals surface area (Å²) in [4.78, 5) is 25.4. The molecule has 3 aromatic rings. The van der Waals surface area contributed by atoms with Gasteiger partial charge >= 0.3 is 0 Å². The van der Waals surface area contributed by atoms with Crippen molar-refractivity contribution in [1.29, 1.82) is 0 Å². The molecule has 4 rings (SSSR count). The van der Waals surface area contributed by atoms with Crippen LogP contribution in [0.25, 0.3) is 0 Å². The van der Waals surface area contributed by atoms with E-state index in [2.05, 4.69) is 16.5 Å². The minimum Gasteiger partial charge on any atom is -0.494 e. The summed E-state index contributed by atoms with van der Waals surface area (Å²) in [5.41, 5.74) is 7.65. The first kappa shape index (κ1) is 22.9. The Hall–Kier alpha value is -4.27. The summed E-state index contributed by atoms with van der Waals surface area (Å²) in [5.74, 6) is 2.24. The van der Waals surface area contributed by atoms with E-state index in [1.165, 1.54) is 13.3 Å². The van der Waals surface area contributed by atoms with Crippen molar-refractivity contribution < 1.29 is 19.0 Å². The van der Waals surface area contributed by atoms with Crippen molar-refractivity contribution in [2.24, 2.45) is 0 Å². The number of amides is 1. The van der Waals surface area contributed by atoms with Crippen LogP contribution in [0.1, 0.15) is 16.9 Å². The summed E-state index contributed by atoms with van der Waals surface area (Å²) in [6.45, 7) is 4.71. The number of benzene rings is 1. The van der Waals surface area contributed by atoms with Gasteiger partial charge in [-0.3, -0.25) is 4.79 Å². The summed E-state index contributed by atoms with van der Waals surface area (Å²) in [6.07, 6.45) is 3.75. The minimum absolute atomic E-state index is 0.115. The van der Waals surface area contributed by atoms with Gasteiger partial charge in [0.2, 0.25) is 0 Å². The molecule has 2 aromatic heterocycles. The van der Waals surface area contributed by atoms with E-state index in [0.717, 1.165) is 11.4 Å². The van der Waals surface area contributed by atoms with Crippen molar-refractivity contribution in [3.63, 3.8) is 0 Å². The first-order valence-electron chi connectivity index (χ1n) is 10.7. The maximum absolute atomic E-state index is 13.3. The normalized spacial score (nSPS) is 15.2. The fraction of sp³-hybridized carbons (Fsp3) is 0.240. The van der Waals surface area contributed by atoms with Crippen LogP contribution in [0.2, 0.25) is 0 Å². The van der Waals surface area contributed by atoms with E-state index in [4.69, 9.17) is 19.9 Å². The Morgan fingerprint density at radius 2 is 1.82 bits per heavy atom. The van der Waals surface area contributed by atoms with E-state index in [-0.39, 0.29) is 17.6 Å². The lowest BCUT2D eigenvalue weighted by Gasteiger charge is -2.25. The van der Waals surface area contributed by atoms with E-state index in [9.17, 15) is 4.79 Å². The van der Waals surface area contributed by atoms with E-state index >= 15 is 0 Å². The van der Waals surface area contributed by atoms with Gasteiger partial charge in [-0.15, -0.1) is 0 Å². The number of ether oxygens (including phenoxy) is 3. The van der Waals surface area contributed by atoms with Crippen LogP contribution in [0.15, 0.2) is 67.1 Å². The van der Waals surface area contributed by atoms with Gasteiger partial charge in [-0.1, -0.05) is 24.8 Å². The molecule has 0 aliphatic carbocycles. The molecule has 1 aliphatic heterocycles. The molecule has 1 unspecified atom stereocenters. The molecule has 176 valence electrons. The zero-order valence-corrected chi connectivity index (χ0v) is 19.4. The standard InChI is InChI=1S/C25H27N5O4/c1-16-10-17(15-30(16)20-13-28-24(26)12-21(20)32-3)29(2)25(31)19-11-22(33-4)23(14-27-19)34-18-8-6-5-7-9-18/h5-9,11-14,17H,1,10,15H2,2-4H3,(H2,26,28). The number of nitrogens with two attached hydrogens (primary N) is 1. The number of carbonyl (C=O) groups is 1. The highest BCUT2D eigenvalue weighted by Crippen LogP contribution is 2.37. The van der Waals surface area contributed by atoms with Crippen LogP contribution < -0.4 is 24.8 Å². The smallest absolute Gasteiger partial charge is 0.272 e. The lowest BCUT2D eigenvalue weighted by atomic mass is 10.2. The largest absolute Gasteiger partial charge is 0.494 e. The molecule has 1 aliphatic rings. The fourth-order valence-corrected chi connectivity index (χ4v) is 3.87. The molecule has 9 heteroatoms. The second-order valence-electron chi connectivity index (χ2n) is 7.87. The first-order chi connectivity index (χ1) is 16.4. The number of anilines is 2. The Balaban J connectivity index is 1.51. The monoisotopic (exact) mass is 461 g/mol. The molecule has 1 fully saturated rings. The molecule has 0 saturated carbocycles. The van der Waals surface area contributed by atoms with Crippen molar-refractivity contribution in [1.82, 2.24) is 14.9 Å². The number of nitrogen functional groups attached to an aromatic ring is 1. The molecule has 34 heavy (non-hydrogen) atoms. The number of pyridine rings is 2. The SMILES string of the molecule is C=C1CC(N(C)C(=O)c2cc(OC)c(Oc3ccccc3)cn2)CN1c1cnc(N)cc1OC. The molecule has 1 atom stereocenters. The lowest BCUT2D eigenvalue weighted by molar-refractivity contribution is 0.0740. The highest BCUT2D eigenvalue weighted by atomic mass is 16.5. The van der Waals surface area contributed by atoms with E-state index < -0.39 is 0 Å². The molecule has 9 nitrogen and oxygen atoms in total. The fourth-order valence-electron chi connectivity index (χ4n) is 3.87.